The number of amides is 1. The fourth-order valence-corrected chi connectivity index (χ4v) is 4.92. The van der Waals surface area contributed by atoms with Crippen LogP contribution in [-0.4, -0.2) is 27.0 Å². The van der Waals surface area contributed by atoms with Crippen LogP contribution in [0.5, 0.6) is 5.75 Å². The molecule has 1 aliphatic heterocycles. The normalized spacial score (nSPS) is 16.8. The molecule has 1 N–H and O–H groups in total. The molecule has 1 aliphatic rings. The van der Waals surface area contributed by atoms with Crippen molar-refractivity contribution in [2.75, 3.05) is 4.90 Å². The van der Waals surface area contributed by atoms with Crippen LogP contribution in [0.2, 0.25) is 0 Å². The highest BCUT2D eigenvalue weighted by atomic mass is 32.1. The number of ether oxygens (including phenoxy) is 1. The molecule has 186 valence electrons. The number of aromatic nitrogens is 2. The Bertz CT molecular complexity index is 1530. The third-order valence-electron chi connectivity index (χ3n) is 6.15. The predicted octanol–water partition coefficient (Wildman–Crippen LogP) is 5.50. The lowest BCUT2D eigenvalue weighted by molar-refractivity contribution is -0.132. The number of rotatable bonds is 6. The van der Waals surface area contributed by atoms with Crippen molar-refractivity contribution in [2.24, 2.45) is 0 Å². The third kappa shape index (κ3) is 4.61. The molecule has 0 radical (unpaired) electrons. The molecular weight excluding hydrogens is 493 g/mol. The largest absolute Gasteiger partial charge is 0.507 e. The number of aryl methyl sites for hydroxylation is 2. The van der Waals surface area contributed by atoms with Crippen LogP contribution in [-0.2, 0) is 16.2 Å². The van der Waals surface area contributed by atoms with Gasteiger partial charge in [-0.2, -0.15) is 0 Å². The summed E-state index contributed by atoms with van der Waals surface area (Å²) in [6.45, 7) is 4.08. The smallest absolute Gasteiger partial charge is 0.301 e. The first kappa shape index (κ1) is 24.3. The molecule has 1 fully saturated rings. The van der Waals surface area contributed by atoms with Crippen molar-refractivity contribution in [3.8, 4) is 5.75 Å². The van der Waals surface area contributed by atoms with E-state index >= 15 is 0 Å². The number of aliphatic hydroxyl groups excluding tert-OH is 1. The van der Waals surface area contributed by atoms with E-state index in [-0.39, 0.29) is 21.8 Å². The minimum atomic E-state index is -1.20. The zero-order valence-corrected chi connectivity index (χ0v) is 20.8. The summed E-state index contributed by atoms with van der Waals surface area (Å²) < 4.78 is 20.8. The van der Waals surface area contributed by atoms with Crippen molar-refractivity contribution < 1.29 is 23.8 Å². The number of hydrogen-bond acceptors (Lipinski definition) is 7. The van der Waals surface area contributed by atoms with Gasteiger partial charge in [0.1, 0.15) is 35.0 Å². The number of halogens is 1. The average molecular weight is 516 g/mol. The van der Waals surface area contributed by atoms with Crippen molar-refractivity contribution in [2.45, 2.75) is 26.5 Å². The van der Waals surface area contributed by atoms with Gasteiger partial charge in [-0.3, -0.25) is 14.5 Å². The Kier molecular flexibility index (Phi) is 6.54. The fourth-order valence-electron chi connectivity index (χ4n) is 4.20. The number of aliphatic hydroxyl groups is 1. The van der Waals surface area contributed by atoms with Crippen LogP contribution in [0, 0.1) is 19.7 Å². The van der Waals surface area contributed by atoms with Gasteiger partial charge in [0.15, 0.2) is 0 Å². The van der Waals surface area contributed by atoms with Crippen LogP contribution in [0.1, 0.15) is 33.3 Å². The molecule has 3 aromatic carbocycles. The van der Waals surface area contributed by atoms with E-state index in [1.165, 1.54) is 18.2 Å². The second-order valence-corrected chi connectivity index (χ2v) is 9.69. The lowest BCUT2D eigenvalue weighted by Gasteiger charge is -2.22. The van der Waals surface area contributed by atoms with Crippen LogP contribution in [0.15, 0.2) is 78.4 Å². The molecule has 1 amide bonds. The molecule has 1 saturated heterocycles. The first-order valence-electron chi connectivity index (χ1n) is 11.5. The summed E-state index contributed by atoms with van der Waals surface area (Å²) in [6.07, 6.45) is 0. The van der Waals surface area contributed by atoms with Crippen LogP contribution in [0.25, 0.3) is 5.76 Å². The molecular formula is C28H22FN3O4S. The maximum Gasteiger partial charge on any atom is 0.301 e. The number of carbonyl (C=O) groups excluding carboxylic acids is 2. The summed E-state index contributed by atoms with van der Waals surface area (Å²) in [5.74, 6) is -2.31. The third-order valence-corrected chi connectivity index (χ3v) is 6.99. The van der Waals surface area contributed by atoms with Crippen LogP contribution >= 0.6 is 11.3 Å². The Morgan fingerprint density at radius 1 is 1.00 bits per heavy atom. The molecule has 5 rings (SSSR count). The Morgan fingerprint density at radius 2 is 1.70 bits per heavy atom. The van der Waals surface area contributed by atoms with E-state index in [0.717, 1.165) is 27.4 Å². The lowest BCUT2D eigenvalue weighted by Crippen LogP contribution is -2.29. The average Bonchev–Trinajstić information content (AvgIpc) is 3.44. The Balaban J connectivity index is 1.52. The Hall–Kier alpha value is -4.37. The van der Waals surface area contributed by atoms with Gasteiger partial charge in [0, 0.05) is 11.1 Å². The predicted molar refractivity (Wildman–Crippen MR) is 138 cm³/mol. The lowest BCUT2D eigenvalue weighted by atomic mass is 9.95. The van der Waals surface area contributed by atoms with Gasteiger partial charge in [0.25, 0.3) is 5.78 Å². The van der Waals surface area contributed by atoms with E-state index in [2.05, 4.69) is 10.2 Å². The molecule has 9 heteroatoms. The Labute approximate surface area is 216 Å². The Morgan fingerprint density at radius 3 is 2.38 bits per heavy atom. The van der Waals surface area contributed by atoms with Gasteiger partial charge in [0.05, 0.1) is 5.57 Å². The first-order chi connectivity index (χ1) is 17.8. The summed E-state index contributed by atoms with van der Waals surface area (Å²) >= 11 is 1.10. The van der Waals surface area contributed by atoms with Crippen LogP contribution in [0.4, 0.5) is 9.52 Å². The molecule has 1 atom stereocenters. The highest BCUT2D eigenvalue weighted by Crippen LogP contribution is 2.43. The van der Waals surface area contributed by atoms with E-state index in [9.17, 15) is 19.1 Å². The number of carbonyl (C=O) groups is 2. The van der Waals surface area contributed by atoms with Gasteiger partial charge in [0.2, 0.25) is 5.13 Å². The standard InChI is InChI=1S/C28H22FN3O4S/c1-16-7-3-4-8-19(16)15-36-20-13-11-18(12-14-20)25(33)23-24(21-9-5-6-10-22(21)29)32(27(35)26(23)34)28-31-30-17(2)37-28/h3-14,24,33H,15H2,1-2H3. The molecule has 0 spiro atoms. The quantitative estimate of drug-likeness (QED) is 0.207. The minimum absolute atomic E-state index is 0.0642. The number of Topliss-reactive ketones (excluding diaryl/α,β-unsaturated/α-hetero) is 1. The van der Waals surface area contributed by atoms with Crippen LogP contribution in [0.3, 0.4) is 0 Å². The van der Waals surface area contributed by atoms with E-state index < -0.39 is 29.3 Å². The van der Waals surface area contributed by atoms with Crippen molar-refractivity contribution in [1.82, 2.24) is 10.2 Å². The summed E-state index contributed by atoms with van der Waals surface area (Å²) in [6, 6.07) is 19.0. The van der Waals surface area contributed by atoms with E-state index in [0.29, 0.717) is 17.4 Å². The maximum absolute atomic E-state index is 14.9. The molecule has 0 aliphatic carbocycles. The van der Waals surface area contributed by atoms with Crippen LogP contribution < -0.4 is 9.64 Å². The van der Waals surface area contributed by atoms with E-state index in [1.807, 2.05) is 31.2 Å². The minimum Gasteiger partial charge on any atom is -0.507 e. The number of anilines is 1. The first-order valence-corrected chi connectivity index (χ1v) is 12.3. The summed E-state index contributed by atoms with van der Waals surface area (Å²) in [7, 11) is 0. The topological polar surface area (TPSA) is 92.6 Å². The van der Waals surface area contributed by atoms with Crippen molar-refractivity contribution >= 4 is 33.9 Å². The summed E-state index contributed by atoms with van der Waals surface area (Å²) in [5.41, 5.74) is 2.29. The van der Waals surface area contributed by atoms with Crippen molar-refractivity contribution in [1.29, 1.82) is 0 Å². The summed E-state index contributed by atoms with van der Waals surface area (Å²) in [4.78, 5) is 27.3. The van der Waals surface area contributed by atoms with E-state index in [4.69, 9.17) is 4.74 Å². The van der Waals surface area contributed by atoms with Gasteiger partial charge in [-0.25, -0.2) is 4.39 Å². The highest BCUT2D eigenvalue weighted by molar-refractivity contribution is 7.15. The van der Waals surface area contributed by atoms with Gasteiger partial charge >= 0.3 is 5.91 Å². The second-order valence-electron chi connectivity index (χ2n) is 8.53. The van der Waals surface area contributed by atoms with E-state index in [1.54, 1.807) is 37.3 Å². The number of benzene rings is 3. The number of nitrogens with zero attached hydrogens (tertiary/aromatic N) is 3. The van der Waals surface area contributed by atoms with Gasteiger partial charge in [-0.1, -0.05) is 53.8 Å². The monoisotopic (exact) mass is 515 g/mol. The maximum atomic E-state index is 14.9. The van der Waals surface area contributed by atoms with Gasteiger partial charge in [-0.15, -0.1) is 10.2 Å². The van der Waals surface area contributed by atoms with Gasteiger partial charge in [-0.05, 0) is 55.3 Å². The molecule has 37 heavy (non-hydrogen) atoms. The molecule has 1 unspecified atom stereocenters. The van der Waals surface area contributed by atoms with Crippen molar-refractivity contribution in [3.05, 3.63) is 111 Å². The highest BCUT2D eigenvalue weighted by Gasteiger charge is 2.49. The van der Waals surface area contributed by atoms with Crippen molar-refractivity contribution in [3.63, 3.8) is 0 Å². The molecule has 0 bridgehead atoms. The zero-order chi connectivity index (χ0) is 26.1. The molecule has 1 aromatic heterocycles. The fraction of sp³-hybridized carbons (Fsp3) is 0.143. The molecule has 7 nitrogen and oxygen atoms in total. The second kappa shape index (κ2) is 9.94. The SMILES string of the molecule is Cc1nnc(N2C(=O)C(=O)C(=C(O)c3ccc(OCc4ccccc4C)cc3)C2c2ccccc2F)s1. The number of hydrogen-bond donors (Lipinski definition) is 1. The van der Waals surface area contributed by atoms with Gasteiger partial charge < -0.3 is 9.84 Å². The number of ketones is 1. The molecule has 4 aromatic rings. The molecule has 2 heterocycles. The molecule has 0 saturated carbocycles. The zero-order valence-electron chi connectivity index (χ0n) is 20.0. The summed E-state index contributed by atoms with van der Waals surface area (Å²) in [5, 5.41) is 19.9.